The minimum Gasteiger partial charge on any atom is -0.387 e. The maximum Gasteiger partial charge on any atom is 0.270 e. The molecule has 6 heteroatoms. The first-order valence-electron chi connectivity index (χ1n) is 7.09. The molecule has 1 saturated carbocycles. The predicted octanol–water partition coefficient (Wildman–Crippen LogP) is 2.95. The van der Waals surface area contributed by atoms with Crippen molar-refractivity contribution in [3.63, 3.8) is 0 Å². The van der Waals surface area contributed by atoms with E-state index in [2.05, 4.69) is 24.5 Å². The van der Waals surface area contributed by atoms with Crippen molar-refractivity contribution >= 4 is 17.3 Å². The van der Waals surface area contributed by atoms with E-state index in [9.17, 15) is 14.9 Å². The first-order valence-corrected chi connectivity index (χ1v) is 7.09. The highest BCUT2D eigenvalue weighted by Crippen LogP contribution is 2.37. The van der Waals surface area contributed by atoms with Crippen LogP contribution in [0.2, 0.25) is 0 Å². The Balaban J connectivity index is 2.18. The van der Waals surface area contributed by atoms with Crippen LogP contribution in [-0.4, -0.2) is 23.9 Å². The van der Waals surface area contributed by atoms with Gasteiger partial charge in [-0.05, 0) is 30.7 Å². The molecule has 114 valence electrons. The predicted molar refractivity (Wildman–Crippen MR) is 81.5 cm³/mol. The Morgan fingerprint density at radius 3 is 2.67 bits per heavy atom. The Morgan fingerprint density at radius 2 is 2.14 bits per heavy atom. The third-order valence-corrected chi connectivity index (χ3v) is 4.03. The number of nitrogens with one attached hydrogen (secondary N) is 2. The summed E-state index contributed by atoms with van der Waals surface area (Å²) in [7, 11) is 1.69. The van der Waals surface area contributed by atoms with Gasteiger partial charge in [0.1, 0.15) is 0 Å². The van der Waals surface area contributed by atoms with E-state index in [1.165, 1.54) is 12.1 Å². The lowest BCUT2D eigenvalue weighted by atomic mass is 9.92. The summed E-state index contributed by atoms with van der Waals surface area (Å²) in [5, 5.41) is 16.7. The van der Waals surface area contributed by atoms with Crippen LogP contribution in [0.5, 0.6) is 0 Å². The molecule has 0 bridgehead atoms. The Hall–Kier alpha value is -2.11. The molecule has 1 aliphatic carbocycles. The molecule has 6 nitrogen and oxygen atoms in total. The van der Waals surface area contributed by atoms with Crippen LogP contribution in [-0.2, 0) is 0 Å². The lowest BCUT2D eigenvalue weighted by Gasteiger charge is -2.18. The zero-order valence-corrected chi connectivity index (χ0v) is 12.6. The first-order chi connectivity index (χ1) is 9.82. The van der Waals surface area contributed by atoms with E-state index in [-0.39, 0.29) is 23.1 Å². The molecule has 0 radical (unpaired) electrons. The number of carbonyl (C=O) groups excluding carboxylic acids is 1. The van der Waals surface area contributed by atoms with E-state index in [4.69, 9.17) is 0 Å². The molecular formula is C15H21N3O3. The SMILES string of the molecule is CNc1ccc([N+](=O)[O-])cc1C(=O)NC1CCC(C)(C)C1. The van der Waals surface area contributed by atoms with Gasteiger partial charge in [0.2, 0.25) is 0 Å². The fourth-order valence-corrected chi connectivity index (χ4v) is 2.87. The lowest BCUT2D eigenvalue weighted by Crippen LogP contribution is -2.33. The van der Waals surface area contributed by atoms with Gasteiger partial charge in [-0.2, -0.15) is 0 Å². The molecule has 2 rings (SSSR count). The number of rotatable bonds is 4. The summed E-state index contributed by atoms with van der Waals surface area (Å²) in [6.45, 7) is 4.37. The molecule has 1 atom stereocenters. The minimum atomic E-state index is -0.491. The molecule has 0 aromatic heterocycles. The maximum atomic E-state index is 12.4. The average Bonchev–Trinajstić information content (AvgIpc) is 2.76. The summed E-state index contributed by atoms with van der Waals surface area (Å²) in [5.74, 6) is -0.259. The van der Waals surface area contributed by atoms with Crippen LogP contribution >= 0.6 is 0 Å². The van der Waals surface area contributed by atoms with Crippen molar-refractivity contribution < 1.29 is 9.72 Å². The number of nitrogens with zero attached hydrogens (tertiary/aromatic N) is 1. The van der Waals surface area contributed by atoms with Crippen molar-refractivity contribution in [2.24, 2.45) is 5.41 Å². The van der Waals surface area contributed by atoms with E-state index in [1.54, 1.807) is 13.1 Å². The molecule has 0 saturated heterocycles. The topological polar surface area (TPSA) is 84.3 Å². The van der Waals surface area contributed by atoms with Crippen LogP contribution in [0.15, 0.2) is 18.2 Å². The van der Waals surface area contributed by atoms with Gasteiger partial charge < -0.3 is 10.6 Å². The van der Waals surface area contributed by atoms with Crippen LogP contribution in [0.4, 0.5) is 11.4 Å². The van der Waals surface area contributed by atoms with Crippen molar-refractivity contribution in [3.05, 3.63) is 33.9 Å². The number of nitro groups is 1. The van der Waals surface area contributed by atoms with Crippen LogP contribution < -0.4 is 10.6 Å². The number of non-ortho nitro benzene ring substituents is 1. The lowest BCUT2D eigenvalue weighted by molar-refractivity contribution is -0.384. The number of hydrogen-bond acceptors (Lipinski definition) is 4. The second-order valence-corrected chi connectivity index (χ2v) is 6.31. The molecule has 1 aromatic rings. The van der Waals surface area contributed by atoms with Gasteiger partial charge in [0.05, 0.1) is 10.5 Å². The number of nitro benzene ring substituents is 1. The van der Waals surface area contributed by atoms with Gasteiger partial charge in [0.15, 0.2) is 0 Å². The van der Waals surface area contributed by atoms with E-state index < -0.39 is 4.92 Å². The highest BCUT2D eigenvalue weighted by atomic mass is 16.6. The second-order valence-electron chi connectivity index (χ2n) is 6.31. The Labute approximate surface area is 124 Å². The molecule has 0 spiro atoms. The number of benzene rings is 1. The smallest absolute Gasteiger partial charge is 0.270 e. The molecule has 0 heterocycles. The Bertz CT molecular complexity index is 569. The van der Waals surface area contributed by atoms with Gasteiger partial charge in [-0.1, -0.05) is 13.8 Å². The van der Waals surface area contributed by atoms with Gasteiger partial charge in [-0.3, -0.25) is 14.9 Å². The highest BCUT2D eigenvalue weighted by Gasteiger charge is 2.32. The van der Waals surface area contributed by atoms with Crippen molar-refractivity contribution in [1.29, 1.82) is 0 Å². The van der Waals surface area contributed by atoms with Crippen LogP contribution in [0, 0.1) is 15.5 Å². The van der Waals surface area contributed by atoms with Gasteiger partial charge in [0.25, 0.3) is 11.6 Å². The van der Waals surface area contributed by atoms with Crippen LogP contribution in [0.3, 0.4) is 0 Å². The second kappa shape index (κ2) is 5.71. The molecule has 0 aliphatic heterocycles. The first kappa shape index (κ1) is 15.3. The molecule has 21 heavy (non-hydrogen) atoms. The van der Waals surface area contributed by atoms with E-state index in [0.717, 1.165) is 19.3 Å². The van der Waals surface area contributed by atoms with E-state index in [0.29, 0.717) is 11.3 Å². The van der Waals surface area contributed by atoms with E-state index in [1.807, 2.05) is 0 Å². The summed E-state index contributed by atoms with van der Waals surface area (Å²) >= 11 is 0. The van der Waals surface area contributed by atoms with Crippen molar-refractivity contribution in [2.45, 2.75) is 39.2 Å². The molecule has 1 unspecified atom stereocenters. The Morgan fingerprint density at radius 1 is 1.43 bits per heavy atom. The number of carbonyl (C=O) groups is 1. The third kappa shape index (κ3) is 3.51. The fourth-order valence-electron chi connectivity index (χ4n) is 2.87. The third-order valence-electron chi connectivity index (χ3n) is 4.03. The summed E-state index contributed by atoms with van der Waals surface area (Å²) < 4.78 is 0. The average molecular weight is 291 g/mol. The largest absolute Gasteiger partial charge is 0.387 e. The molecule has 1 aromatic carbocycles. The van der Waals surface area contributed by atoms with Gasteiger partial charge >= 0.3 is 0 Å². The van der Waals surface area contributed by atoms with Crippen molar-refractivity contribution in [2.75, 3.05) is 12.4 Å². The molecule has 1 fully saturated rings. The Kier molecular flexibility index (Phi) is 4.16. The molecule has 1 aliphatic rings. The summed E-state index contributed by atoms with van der Waals surface area (Å²) in [6, 6.07) is 4.41. The maximum absolute atomic E-state index is 12.4. The van der Waals surface area contributed by atoms with E-state index >= 15 is 0 Å². The van der Waals surface area contributed by atoms with Gasteiger partial charge in [-0.15, -0.1) is 0 Å². The highest BCUT2D eigenvalue weighted by molar-refractivity contribution is 6.00. The fraction of sp³-hybridized carbons (Fsp3) is 0.533. The summed E-state index contributed by atoms with van der Waals surface area (Å²) in [4.78, 5) is 22.8. The minimum absolute atomic E-state index is 0.0779. The van der Waals surface area contributed by atoms with Crippen LogP contribution in [0.25, 0.3) is 0 Å². The number of anilines is 1. The number of amides is 1. The summed E-state index contributed by atoms with van der Waals surface area (Å²) in [6.07, 6.45) is 2.96. The normalized spacial score (nSPS) is 20.0. The standard InChI is InChI=1S/C15H21N3O3/c1-15(2)7-6-10(9-15)17-14(19)12-8-11(18(20)21)4-5-13(12)16-3/h4-5,8,10,16H,6-7,9H2,1-3H3,(H,17,19). The van der Waals surface area contributed by atoms with Gasteiger partial charge in [-0.25, -0.2) is 0 Å². The van der Waals surface area contributed by atoms with Crippen molar-refractivity contribution in [3.8, 4) is 0 Å². The quantitative estimate of drug-likeness (QED) is 0.660. The van der Waals surface area contributed by atoms with Crippen molar-refractivity contribution in [1.82, 2.24) is 5.32 Å². The zero-order valence-electron chi connectivity index (χ0n) is 12.6. The van der Waals surface area contributed by atoms with Gasteiger partial charge in [0, 0.05) is 30.9 Å². The molecular weight excluding hydrogens is 270 g/mol. The zero-order chi connectivity index (χ0) is 15.6. The molecule has 2 N–H and O–H groups in total. The number of hydrogen-bond donors (Lipinski definition) is 2. The van der Waals surface area contributed by atoms with Crippen LogP contribution in [0.1, 0.15) is 43.5 Å². The molecule has 1 amide bonds. The monoisotopic (exact) mass is 291 g/mol. The summed E-state index contributed by atoms with van der Waals surface area (Å²) in [5.41, 5.74) is 1.07.